The summed E-state index contributed by atoms with van der Waals surface area (Å²) in [6.07, 6.45) is 1.86. The molecule has 0 amide bonds. The Labute approximate surface area is 110 Å². The van der Waals surface area contributed by atoms with Crippen molar-refractivity contribution >= 4 is 5.82 Å². The summed E-state index contributed by atoms with van der Waals surface area (Å²) in [7, 11) is 0. The van der Waals surface area contributed by atoms with Crippen molar-refractivity contribution in [3.05, 3.63) is 23.9 Å². The van der Waals surface area contributed by atoms with Crippen molar-refractivity contribution in [2.24, 2.45) is 5.73 Å². The minimum Gasteiger partial charge on any atom is -0.354 e. The number of aromatic nitrogens is 1. The second-order valence-electron chi connectivity index (χ2n) is 5.35. The molecular formula is C14H24N4. The lowest BCUT2D eigenvalue weighted by molar-refractivity contribution is 0.209. The number of pyridine rings is 1. The molecule has 4 nitrogen and oxygen atoms in total. The summed E-state index contributed by atoms with van der Waals surface area (Å²) < 4.78 is 0. The standard InChI is InChI=1S/C14H24N4/c1-11(2)17-6-8-18(9-7-17)14-10-13(12(3)15)4-5-16-14/h4-5,10-12H,6-9,15H2,1-3H3. The van der Waals surface area contributed by atoms with Gasteiger partial charge in [-0.05, 0) is 38.5 Å². The van der Waals surface area contributed by atoms with Gasteiger partial charge < -0.3 is 10.6 Å². The molecule has 1 aromatic rings. The molecule has 0 saturated carbocycles. The van der Waals surface area contributed by atoms with Crippen LogP contribution in [0.4, 0.5) is 5.82 Å². The Morgan fingerprint density at radius 2 is 1.83 bits per heavy atom. The Kier molecular flexibility index (Phi) is 4.19. The molecule has 0 bridgehead atoms. The van der Waals surface area contributed by atoms with Crippen LogP contribution in [0.3, 0.4) is 0 Å². The summed E-state index contributed by atoms with van der Waals surface area (Å²) in [6.45, 7) is 10.8. The minimum atomic E-state index is 0.0729. The first-order valence-electron chi connectivity index (χ1n) is 6.78. The summed E-state index contributed by atoms with van der Waals surface area (Å²) in [6, 6.07) is 4.83. The number of rotatable bonds is 3. The quantitative estimate of drug-likeness (QED) is 0.883. The maximum Gasteiger partial charge on any atom is 0.128 e. The van der Waals surface area contributed by atoms with Crippen LogP contribution in [-0.4, -0.2) is 42.1 Å². The van der Waals surface area contributed by atoms with Crippen molar-refractivity contribution < 1.29 is 0 Å². The van der Waals surface area contributed by atoms with Crippen LogP contribution < -0.4 is 10.6 Å². The first-order chi connectivity index (χ1) is 8.58. The van der Waals surface area contributed by atoms with Gasteiger partial charge in [0.1, 0.15) is 5.82 Å². The summed E-state index contributed by atoms with van der Waals surface area (Å²) in [5, 5.41) is 0. The molecule has 100 valence electrons. The normalized spacial score (nSPS) is 19.3. The van der Waals surface area contributed by atoms with Crippen LogP contribution >= 0.6 is 0 Å². The molecule has 1 atom stereocenters. The van der Waals surface area contributed by atoms with E-state index in [1.807, 2.05) is 19.2 Å². The van der Waals surface area contributed by atoms with E-state index in [1.54, 1.807) is 0 Å². The lowest BCUT2D eigenvalue weighted by Gasteiger charge is -2.37. The van der Waals surface area contributed by atoms with Crippen LogP contribution in [0.25, 0.3) is 0 Å². The second kappa shape index (κ2) is 5.67. The number of hydrogen-bond acceptors (Lipinski definition) is 4. The Balaban J connectivity index is 2.03. The van der Waals surface area contributed by atoms with E-state index in [0.717, 1.165) is 37.6 Å². The zero-order valence-electron chi connectivity index (χ0n) is 11.6. The molecule has 1 aliphatic heterocycles. The molecule has 2 N–H and O–H groups in total. The van der Waals surface area contributed by atoms with Gasteiger partial charge >= 0.3 is 0 Å². The van der Waals surface area contributed by atoms with E-state index >= 15 is 0 Å². The number of piperazine rings is 1. The lowest BCUT2D eigenvalue weighted by atomic mass is 10.1. The van der Waals surface area contributed by atoms with Crippen molar-refractivity contribution in [3.8, 4) is 0 Å². The number of hydrogen-bond donors (Lipinski definition) is 1. The summed E-state index contributed by atoms with van der Waals surface area (Å²) in [4.78, 5) is 9.33. The van der Waals surface area contributed by atoms with Gasteiger partial charge in [-0.3, -0.25) is 4.90 Å². The Bertz CT molecular complexity index is 381. The summed E-state index contributed by atoms with van der Waals surface area (Å²) in [5.41, 5.74) is 7.08. The molecule has 2 rings (SSSR count). The van der Waals surface area contributed by atoms with E-state index in [9.17, 15) is 0 Å². The largest absolute Gasteiger partial charge is 0.354 e. The number of nitrogens with zero attached hydrogens (tertiary/aromatic N) is 3. The van der Waals surface area contributed by atoms with E-state index in [1.165, 1.54) is 0 Å². The molecule has 0 spiro atoms. The van der Waals surface area contributed by atoms with Crippen LogP contribution in [0, 0.1) is 0 Å². The topological polar surface area (TPSA) is 45.4 Å². The summed E-state index contributed by atoms with van der Waals surface area (Å²) >= 11 is 0. The van der Waals surface area contributed by atoms with E-state index in [4.69, 9.17) is 5.73 Å². The van der Waals surface area contributed by atoms with Gasteiger partial charge in [0.15, 0.2) is 0 Å². The highest BCUT2D eigenvalue weighted by Gasteiger charge is 2.19. The molecule has 0 aliphatic carbocycles. The third-order valence-electron chi connectivity index (χ3n) is 3.66. The van der Waals surface area contributed by atoms with Gasteiger partial charge in [0.25, 0.3) is 0 Å². The highest BCUT2D eigenvalue weighted by Crippen LogP contribution is 2.18. The maximum absolute atomic E-state index is 5.92. The first-order valence-corrected chi connectivity index (χ1v) is 6.78. The predicted molar refractivity (Wildman–Crippen MR) is 75.8 cm³/mol. The van der Waals surface area contributed by atoms with Crippen LogP contribution in [-0.2, 0) is 0 Å². The zero-order valence-corrected chi connectivity index (χ0v) is 11.6. The number of anilines is 1. The fourth-order valence-electron chi connectivity index (χ4n) is 2.36. The molecule has 4 heteroatoms. The molecule has 1 aromatic heterocycles. The van der Waals surface area contributed by atoms with Gasteiger partial charge in [-0.2, -0.15) is 0 Å². The van der Waals surface area contributed by atoms with Gasteiger partial charge in [0.2, 0.25) is 0 Å². The zero-order chi connectivity index (χ0) is 13.1. The molecule has 2 heterocycles. The fourth-order valence-corrected chi connectivity index (χ4v) is 2.36. The summed E-state index contributed by atoms with van der Waals surface area (Å²) in [5.74, 6) is 1.06. The smallest absolute Gasteiger partial charge is 0.128 e. The van der Waals surface area contributed by atoms with Gasteiger partial charge in [-0.1, -0.05) is 0 Å². The van der Waals surface area contributed by atoms with Crippen LogP contribution in [0.15, 0.2) is 18.3 Å². The van der Waals surface area contributed by atoms with Crippen molar-refractivity contribution in [3.63, 3.8) is 0 Å². The molecule has 1 aliphatic rings. The maximum atomic E-state index is 5.92. The second-order valence-corrected chi connectivity index (χ2v) is 5.35. The molecule has 0 aromatic carbocycles. The molecule has 0 radical (unpaired) electrons. The fraction of sp³-hybridized carbons (Fsp3) is 0.643. The van der Waals surface area contributed by atoms with Crippen molar-refractivity contribution in [2.45, 2.75) is 32.9 Å². The molecule has 1 fully saturated rings. The van der Waals surface area contributed by atoms with E-state index in [2.05, 4.69) is 34.7 Å². The van der Waals surface area contributed by atoms with E-state index < -0.39 is 0 Å². The van der Waals surface area contributed by atoms with E-state index in [-0.39, 0.29) is 6.04 Å². The van der Waals surface area contributed by atoms with Gasteiger partial charge in [0, 0.05) is 44.5 Å². The van der Waals surface area contributed by atoms with Crippen LogP contribution in [0.1, 0.15) is 32.4 Å². The van der Waals surface area contributed by atoms with E-state index in [0.29, 0.717) is 6.04 Å². The molecule has 1 saturated heterocycles. The van der Waals surface area contributed by atoms with Crippen molar-refractivity contribution in [1.82, 2.24) is 9.88 Å². The van der Waals surface area contributed by atoms with Crippen molar-refractivity contribution in [1.29, 1.82) is 0 Å². The lowest BCUT2D eigenvalue weighted by Crippen LogP contribution is -2.49. The minimum absolute atomic E-state index is 0.0729. The Morgan fingerprint density at radius 3 is 2.39 bits per heavy atom. The van der Waals surface area contributed by atoms with Gasteiger partial charge in [-0.25, -0.2) is 4.98 Å². The third-order valence-corrected chi connectivity index (χ3v) is 3.66. The highest BCUT2D eigenvalue weighted by molar-refractivity contribution is 5.42. The third kappa shape index (κ3) is 3.00. The molecule has 18 heavy (non-hydrogen) atoms. The Hall–Kier alpha value is -1.13. The predicted octanol–water partition coefficient (Wildman–Crippen LogP) is 1.63. The van der Waals surface area contributed by atoms with Gasteiger partial charge in [-0.15, -0.1) is 0 Å². The number of nitrogens with two attached hydrogens (primary N) is 1. The monoisotopic (exact) mass is 248 g/mol. The van der Waals surface area contributed by atoms with Crippen molar-refractivity contribution in [2.75, 3.05) is 31.1 Å². The molecule has 1 unspecified atom stereocenters. The van der Waals surface area contributed by atoms with Gasteiger partial charge in [0.05, 0.1) is 0 Å². The average molecular weight is 248 g/mol. The van der Waals surface area contributed by atoms with Crippen LogP contribution in [0.5, 0.6) is 0 Å². The van der Waals surface area contributed by atoms with Crippen LogP contribution in [0.2, 0.25) is 0 Å². The average Bonchev–Trinajstić information content (AvgIpc) is 2.39. The molecular weight excluding hydrogens is 224 g/mol. The highest BCUT2D eigenvalue weighted by atomic mass is 15.3. The first kappa shape index (κ1) is 13.3. The SMILES string of the molecule is CC(N)c1ccnc(N2CCN(C(C)C)CC2)c1. The Morgan fingerprint density at radius 1 is 1.17 bits per heavy atom.